The van der Waals surface area contributed by atoms with Gasteiger partial charge in [-0.2, -0.15) is 6.08 Å². The van der Waals surface area contributed by atoms with Gasteiger partial charge in [-0.25, -0.2) is 12.2 Å². The van der Waals surface area contributed by atoms with Gasteiger partial charge in [0.25, 0.3) is 0 Å². The molecule has 1 radical (unpaired) electrons. The van der Waals surface area contributed by atoms with Gasteiger partial charge in [0.2, 0.25) is 0 Å². The molecule has 0 aromatic heterocycles. The van der Waals surface area contributed by atoms with Crippen molar-refractivity contribution in [1.29, 1.82) is 0 Å². The Bertz CT molecular complexity index is 62.9. The first-order chi connectivity index (χ1) is 2.50. The molecule has 1 aliphatic carbocycles. The van der Waals surface area contributed by atoms with E-state index in [2.05, 4.69) is 12.2 Å². The molecule has 1 rings (SSSR count). The van der Waals surface area contributed by atoms with Crippen LogP contribution in [0, 0.1) is 43.2 Å². The molecule has 71 valence electrons. The van der Waals surface area contributed by atoms with Crippen molar-refractivity contribution < 1.29 is 18.6 Å². The quantitative estimate of drug-likeness (QED) is 0.513. The summed E-state index contributed by atoms with van der Waals surface area (Å²) >= 11 is 0. The Morgan fingerprint density at radius 1 is 0.909 bits per heavy atom. The second kappa shape index (κ2) is 32.2. The summed E-state index contributed by atoms with van der Waals surface area (Å²) in [5, 5.41) is 0. The number of hydrogen-bond acceptors (Lipinski definition) is 0. The maximum Gasteiger partial charge on any atom is 0 e. The zero-order chi connectivity index (χ0) is 3.54. The van der Waals surface area contributed by atoms with Gasteiger partial charge in [-0.1, -0.05) is 0 Å². The second-order valence-corrected chi connectivity index (χ2v) is 1.00. The van der Waals surface area contributed by atoms with Crippen molar-refractivity contribution in [3.8, 4) is 0 Å². The van der Waals surface area contributed by atoms with Gasteiger partial charge in [-0.3, -0.25) is 6.08 Å². The van der Waals surface area contributed by atoms with Crippen LogP contribution in [-0.2, 0) is 18.6 Å². The molecule has 0 unspecified atom stereocenters. The molecule has 1 heteroatoms. The first-order valence-electron chi connectivity index (χ1n) is 1.72. The molecule has 1 aliphatic rings. The summed E-state index contributed by atoms with van der Waals surface area (Å²) in [6.45, 7) is 0. The Hall–Kier alpha value is 0.0644. The topological polar surface area (TPSA) is 0 Å². The van der Waals surface area contributed by atoms with Gasteiger partial charge < -0.3 is 37.1 Å². The molecule has 0 N–H and O–H groups in total. The van der Waals surface area contributed by atoms with Crippen LogP contribution in [0.3, 0.4) is 0 Å². The van der Waals surface area contributed by atoms with Crippen molar-refractivity contribution in [2.75, 3.05) is 0 Å². The normalized spacial score (nSPS) is 8.00. The molecule has 0 fully saturated rings. The van der Waals surface area contributed by atoms with E-state index in [4.69, 9.17) is 0 Å². The van der Waals surface area contributed by atoms with Crippen molar-refractivity contribution in [2.45, 2.75) is 6.42 Å². The Kier molecular flexibility index (Phi) is 128. The molecule has 0 spiro atoms. The van der Waals surface area contributed by atoms with Crippen LogP contribution >= 0.6 is 0 Å². The molecule has 0 nitrogen and oxygen atoms in total. The summed E-state index contributed by atoms with van der Waals surface area (Å²) < 4.78 is 0. The predicted octanol–water partition coefficient (Wildman–Crippen LogP) is 3.55. The molecular formula is C10H20V-6. The minimum absolute atomic E-state index is 0. The minimum Gasteiger partial charge on any atom is -0.358 e. The Labute approximate surface area is 86.7 Å². The fourth-order valence-electron chi connectivity index (χ4n) is 0.340. The molecule has 0 saturated carbocycles. The third-order valence-electron chi connectivity index (χ3n) is 0.586. The Morgan fingerprint density at radius 2 is 1.36 bits per heavy atom. The zero-order valence-corrected chi connectivity index (χ0v) is 9.78. The van der Waals surface area contributed by atoms with Crippen LogP contribution < -0.4 is 0 Å². The molecule has 0 atom stereocenters. The van der Waals surface area contributed by atoms with Gasteiger partial charge in [0.15, 0.2) is 0 Å². The average molecular weight is 191 g/mol. The van der Waals surface area contributed by atoms with Crippen molar-refractivity contribution >= 4 is 0 Å². The molecule has 0 aromatic rings. The largest absolute Gasteiger partial charge is 0.358 e. The monoisotopic (exact) mass is 191 g/mol. The molecule has 0 aromatic carbocycles. The van der Waals surface area contributed by atoms with Crippen molar-refractivity contribution in [1.82, 2.24) is 0 Å². The van der Waals surface area contributed by atoms with E-state index in [0.717, 1.165) is 6.42 Å². The van der Waals surface area contributed by atoms with Gasteiger partial charge in [0.05, 0.1) is 0 Å². The molecular weight excluding hydrogens is 171 g/mol. The zero-order valence-electron chi connectivity index (χ0n) is 8.39. The number of rotatable bonds is 0. The number of allylic oxidation sites excluding steroid dienone is 4. The van der Waals surface area contributed by atoms with Crippen molar-refractivity contribution in [3.05, 3.63) is 61.4 Å². The third-order valence-corrected chi connectivity index (χ3v) is 0.586. The van der Waals surface area contributed by atoms with E-state index in [1.165, 1.54) is 0 Å². The molecule has 0 amide bonds. The summed E-state index contributed by atoms with van der Waals surface area (Å²) in [6, 6.07) is 0. The van der Waals surface area contributed by atoms with Gasteiger partial charge in [-0.05, 0) is 0 Å². The van der Waals surface area contributed by atoms with E-state index in [0.29, 0.717) is 0 Å². The Balaban J connectivity index is -0.0000000104. The summed E-state index contributed by atoms with van der Waals surface area (Å²) in [5.41, 5.74) is 0. The van der Waals surface area contributed by atoms with Crippen molar-refractivity contribution in [2.24, 2.45) is 0 Å². The minimum atomic E-state index is 0. The standard InChI is InChI=1S/C5H5.5CH3.V/c1-2-4-5-3-1;;;;;;/h1-3H,4H2;5*1H3;/q6*-1;. The van der Waals surface area contributed by atoms with Crippen LogP contribution in [0.5, 0.6) is 0 Å². The summed E-state index contributed by atoms with van der Waals surface area (Å²) in [5.74, 6) is 0. The molecule has 0 heterocycles. The van der Waals surface area contributed by atoms with E-state index in [9.17, 15) is 0 Å². The van der Waals surface area contributed by atoms with Crippen molar-refractivity contribution in [3.63, 3.8) is 0 Å². The van der Waals surface area contributed by atoms with Crippen LogP contribution in [-0.4, -0.2) is 0 Å². The van der Waals surface area contributed by atoms with E-state index >= 15 is 0 Å². The SMILES string of the molecule is [C-]1=CC=CC1.[CH3-].[CH3-].[CH3-].[CH3-].[CH3-].[V]. The summed E-state index contributed by atoms with van der Waals surface area (Å²) in [4.78, 5) is 0. The maximum absolute atomic E-state index is 2.99. The molecule has 0 saturated heterocycles. The predicted molar refractivity (Wildman–Crippen MR) is 53.6 cm³/mol. The molecule has 0 aliphatic heterocycles. The smallest absolute Gasteiger partial charge is 0 e. The van der Waals surface area contributed by atoms with Gasteiger partial charge in [0.1, 0.15) is 0 Å². The van der Waals surface area contributed by atoms with Crippen LogP contribution in [0.15, 0.2) is 18.2 Å². The van der Waals surface area contributed by atoms with E-state index in [1.807, 2.05) is 12.2 Å². The maximum atomic E-state index is 2.99. The summed E-state index contributed by atoms with van der Waals surface area (Å²) in [6.07, 6.45) is 10.0. The van der Waals surface area contributed by atoms with E-state index < -0.39 is 0 Å². The van der Waals surface area contributed by atoms with Crippen LogP contribution in [0.1, 0.15) is 6.42 Å². The molecule has 11 heavy (non-hydrogen) atoms. The number of hydrogen-bond donors (Lipinski definition) is 0. The van der Waals surface area contributed by atoms with E-state index in [-0.39, 0.29) is 55.7 Å². The first kappa shape index (κ1) is 43.7. The van der Waals surface area contributed by atoms with Crippen LogP contribution in [0.25, 0.3) is 0 Å². The van der Waals surface area contributed by atoms with Crippen LogP contribution in [0.4, 0.5) is 0 Å². The fraction of sp³-hybridized carbons (Fsp3) is 0.100. The third kappa shape index (κ3) is 25.5. The van der Waals surface area contributed by atoms with Gasteiger partial charge >= 0.3 is 0 Å². The first-order valence-corrected chi connectivity index (χ1v) is 1.72. The van der Waals surface area contributed by atoms with Gasteiger partial charge in [0, 0.05) is 18.6 Å². The fourth-order valence-corrected chi connectivity index (χ4v) is 0.340. The van der Waals surface area contributed by atoms with Crippen LogP contribution in [0.2, 0.25) is 0 Å². The molecule has 0 bridgehead atoms. The summed E-state index contributed by atoms with van der Waals surface area (Å²) in [7, 11) is 0. The average Bonchev–Trinajstić information content (AvgIpc) is 1.76. The van der Waals surface area contributed by atoms with Gasteiger partial charge in [-0.15, -0.1) is 6.42 Å². The second-order valence-electron chi connectivity index (χ2n) is 1.00. The van der Waals surface area contributed by atoms with E-state index in [1.54, 1.807) is 0 Å². The Morgan fingerprint density at radius 3 is 1.45 bits per heavy atom.